The van der Waals surface area contributed by atoms with Crippen molar-refractivity contribution in [2.24, 2.45) is 0 Å². The molecule has 206 valence electrons. The summed E-state index contributed by atoms with van der Waals surface area (Å²) in [6.07, 6.45) is 1.71. The topological polar surface area (TPSA) is 77.1 Å². The zero-order valence-corrected chi connectivity index (χ0v) is 22.9. The lowest BCUT2D eigenvalue weighted by molar-refractivity contribution is -0.117. The molecule has 1 unspecified atom stereocenters. The Morgan fingerprint density at radius 1 is 0.902 bits per heavy atom. The minimum absolute atomic E-state index is 0.199. The molecule has 0 fully saturated rings. The standard InChI is InChI=1S/C34H30N2O5/c1-22-7-9-25(10-8-22)21-36-28-5-3-4-6-29(28)41-32(34(36)38)19-24-11-13-26(14-12-24)33(37)35-23(2)27-15-16-30-31(20-27)40-18-17-39-30/h3-16,19-20,23H,17-18,21H2,1-2H3,(H,35,37). The van der Waals surface area contributed by atoms with E-state index < -0.39 is 0 Å². The Bertz CT molecular complexity index is 1630. The number of fused-ring (bicyclic) bond motifs is 2. The summed E-state index contributed by atoms with van der Waals surface area (Å²) in [7, 11) is 0. The van der Waals surface area contributed by atoms with E-state index in [1.54, 1.807) is 35.2 Å². The van der Waals surface area contributed by atoms with Crippen LogP contribution in [-0.2, 0) is 11.3 Å². The minimum Gasteiger partial charge on any atom is -0.486 e. The van der Waals surface area contributed by atoms with Gasteiger partial charge in [0.2, 0.25) is 0 Å². The van der Waals surface area contributed by atoms with Gasteiger partial charge < -0.3 is 19.5 Å². The molecule has 7 nitrogen and oxygen atoms in total. The Kier molecular flexibility index (Phi) is 7.17. The van der Waals surface area contributed by atoms with Crippen LogP contribution in [0, 0.1) is 6.92 Å². The third kappa shape index (κ3) is 5.65. The van der Waals surface area contributed by atoms with Gasteiger partial charge >= 0.3 is 0 Å². The van der Waals surface area contributed by atoms with Gasteiger partial charge in [-0.25, -0.2) is 0 Å². The lowest BCUT2D eigenvalue weighted by Crippen LogP contribution is -2.36. The molecular formula is C34H30N2O5. The van der Waals surface area contributed by atoms with E-state index in [1.807, 2.05) is 80.6 Å². The van der Waals surface area contributed by atoms with Gasteiger partial charge in [-0.1, -0.05) is 60.2 Å². The molecule has 0 saturated heterocycles. The predicted octanol–water partition coefficient (Wildman–Crippen LogP) is 6.22. The summed E-state index contributed by atoms with van der Waals surface area (Å²) in [4.78, 5) is 28.2. The number of aryl methyl sites for hydroxylation is 1. The van der Waals surface area contributed by atoms with Crippen molar-refractivity contribution in [2.45, 2.75) is 26.4 Å². The van der Waals surface area contributed by atoms with Gasteiger partial charge in [-0.15, -0.1) is 0 Å². The first kappa shape index (κ1) is 26.2. The number of anilines is 1. The smallest absolute Gasteiger partial charge is 0.294 e. The van der Waals surface area contributed by atoms with E-state index in [1.165, 1.54) is 0 Å². The van der Waals surface area contributed by atoms with Crippen LogP contribution in [0.4, 0.5) is 5.69 Å². The average molecular weight is 547 g/mol. The molecule has 0 radical (unpaired) electrons. The van der Waals surface area contributed by atoms with Gasteiger partial charge in [0.1, 0.15) is 13.2 Å². The van der Waals surface area contributed by atoms with Crippen LogP contribution < -0.4 is 24.4 Å². The summed E-state index contributed by atoms with van der Waals surface area (Å²) in [6, 6.07) is 28.2. The number of benzene rings is 4. The highest BCUT2D eigenvalue weighted by Crippen LogP contribution is 2.37. The molecule has 0 bridgehead atoms. The van der Waals surface area contributed by atoms with Crippen molar-refractivity contribution in [3.05, 3.63) is 125 Å². The van der Waals surface area contributed by atoms with E-state index in [0.717, 1.165) is 27.9 Å². The summed E-state index contributed by atoms with van der Waals surface area (Å²) in [5.74, 6) is 1.82. The minimum atomic E-state index is -0.229. The summed E-state index contributed by atoms with van der Waals surface area (Å²) in [6.45, 7) is 5.43. The highest BCUT2D eigenvalue weighted by molar-refractivity contribution is 6.09. The van der Waals surface area contributed by atoms with E-state index in [0.29, 0.717) is 42.6 Å². The number of nitrogens with zero attached hydrogens (tertiary/aromatic N) is 1. The molecule has 41 heavy (non-hydrogen) atoms. The van der Waals surface area contributed by atoms with Crippen LogP contribution in [0.5, 0.6) is 17.2 Å². The summed E-state index contributed by atoms with van der Waals surface area (Å²) < 4.78 is 17.3. The largest absolute Gasteiger partial charge is 0.486 e. The van der Waals surface area contributed by atoms with E-state index in [2.05, 4.69) is 5.32 Å². The Balaban J connectivity index is 1.17. The van der Waals surface area contributed by atoms with E-state index in [-0.39, 0.29) is 23.6 Å². The number of rotatable bonds is 6. The first-order valence-corrected chi connectivity index (χ1v) is 13.6. The van der Waals surface area contributed by atoms with Crippen molar-refractivity contribution < 1.29 is 23.8 Å². The molecule has 4 aromatic carbocycles. The van der Waals surface area contributed by atoms with Crippen molar-refractivity contribution in [3.63, 3.8) is 0 Å². The van der Waals surface area contributed by atoms with Gasteiger partial charge in [-0.3, -0.25) is 14.5 Å². The van der Waals surface area contributed by atoms with Crippen LogP contribution in [-0.4, -0.2) is 25.0 Å². The Hall–Kier alpha value is -5.04. The monoisotopic (exact) mass is 546 g/mol. The van der Waals surface area contributed by atoms with Crippen LogP contribution in [0.15, 0.2) is 96.8 Å². The first-order chi connectivity index (χ1) is 19.9. The van der Waals surface area contributed by atoms with Crippen LogP contribution in [0.1, 0.15) is 45.6 Å². The number of amides is 2. The fourth-order valence-electron chi connectivity index (χ4n) is 4.87. The summed E-state index contributed by atoms with van der Waals surface area (Å²) >= 11 is 0. The molecule has 0 saturated carbocycles. The van der Waals surface area contributed by atoms with Gasteiger partial charge in [0.05, 0.1) is 18.3 Å². The molecule has 2 heterocycles. The van der Waals surface area contributed by atoms with Crippen LogP contribution in [0.25, 0.3) is 6.08 Å². The lowest BCUT2D eigenvalue weighted by atomic mass is 10.1. The van der Waals surface area contributed by atoms with Crippen molar-refractivity contribution in [1.29, 1.82) is 0 Å². The SMILES string of the molecule is Cc1ccc(CN2C(=O)C(=Cc3ccc(C(=O)NC(C)c4ccc5c(c4)OCCO5)cc3)Oc3ccccc32)cc1. The third-order valence-corrected chi connectivity index (χ3v) is 7.18. The van der Waals surface area contributed by atoms with Gasteiger partial charge in [-0.05, 0) is 73.0 Å². The molecule has 2 amide bonds. The van der Waals surface area contributed by atoms with Crippen LogP contribution >= 0.6 is 0 Å². The van der Waals surface area contributed by atoms with Gasteiger partial charge in [0, 0.05) is 5.56 Å². The second-order valence-electron chi connectivity index (χ2n) is 10.2. The maximum Gasteiger partial charge on any atom is 0.294 e. The van der Waals surface area contributed by atoms with Crippen LogP contribution in [0.3, 0.4) is 0 Å². The summed E-state index contributed by atoms with van der Waals surface area (Å²) in [5, 5.41) is 3.03. The molecule has 6 rings (SSSR count). The molecule has 7 heteroatoms. The molecule has 0 aliphatic carbocycles. The predicted molar refractivity (Wildman–Crippen MR) is 157 cm³/mol. The highest BCUT2D eigenvalue weighted by Gasteiger charge is 2.30. The Morgan fingerprint density at radius 3 is 2.41 bits per heavy atom. The Labute approximate surface area is 239 Å². The Morgan fingerprint density at radius 2 is 1.63 bits per heavy atom. The number of carbonyl (C=O) groups is 2. The van der Waals surface area contributed by atoms with E-state index in [9.17, 15) is 9.59 Å². The molecule has 2 aliphatic heterocycles. The molecule has 1 N–H and O–H groups in total. The van der Waals surface area contributed by atoms with Crippen molar-refractivity contribution in [1.82, 2.24) is 5.32 Å². The molecule has 0 aromatic heterocycles. The second kappa shape index (κ2) is 11.2. The van der Waals surface area contributed by atoms with Gasteiger partial charge in [-0.2, -0.15) is 0 Å². The average Bonchev–Trinajstić information content (AvgIpc) is 3.00. The maximum atomic E-state index is 13.5. The maximum absolute atomic E-state index is 13.5. The third-order valence-electron chi connectivity index (χ3n) is 7.18. The number of ether oxygens (including phenoxy) is 3. The first-order valence-electron chi connectivity index (χ1n) is 13.6. The summed E-state index contributed by atoms with van der Waals surface area (Å²) in [5.41, 5.74) is 5.11. The molecule has 4 aromatic rings. The van der Waals surface area contributed by atoms with Crippen LogP contribution in [0.2, 0.25) is 0 Å². The highest BCUT2D eigenvalue weighted by atomic mass is 16.6. The number of hydrogen-bond donors (Lipinski definition) is 1. The normalized spacial score (nSPS) is 15.6. The number of hydrogen-bond acceptors (Lipinski definition) is 5. The molecule has 2 aliphatic rings. The lowest BCUT2D eigenvalue weighted by Gasteiger charge is -2.30. The van der Waals surface area contributed by atoms with Crippen molar-refractivity contribution >= 4 is 23.6 Å². The zero-order valence-electron chi connectivity index (χ0n) is 22.9. The van der Waals surface area contributed by atoms with Crippen molar-refractivity contribution in [2.75, 3.05) is 18.1 Å². The fraction of sp³-hybridized carbons (Fsp3) is 0.176. The second-order valence-corrected chi connectivity index (χ2v) is 10.2. The number of carbonyl (C=O) groups excluding carboxylic acids is 2. The zero-order chi connectivity index (χ0) is 28.3. The van der Waals surface area contributed by atoms with Gasteiger partial charge in [0.25, 0.3) is 11.8 Å². The molecule has 1 atom stereocenters. The van der Waals surface area contributed by atoms with Gasteiger partial charge in [0.15, 0.2) is 23.0 Å². The fourth-order valence-corrected chi connectivity index (χ4v) is 4.87. The van der Waals surface area contributed by atoms with E-state index in [4.69, 9.17) is 14.2 Å². The van der Waals surface area contributed by atoms with E-state index >= 15 is 0 Å². The quantitative estimate of drug-likeness (QED) is 0.291. The number of nitrogens with one attached hydrogen (secondary N) is 1. The molecule has 0 spiro atoms. The molecular weight excluding hydrogens is 516 g/mol. The van der Waals surface area contributed by atoms with Crippen molar-refractivity contribution in [3.8, 4) is 17.2 Å². The number of para-hydroxylation sites is 2.